The van der Waals surface area contributed by atoms with E-state index in [1.54, 1.807) is 6.20 Å². The Balaban J connectivity index is 2.52. The van der Waals surface area contributed by atoms with Crippen molar-refractivity contribution >= 4 is 5.95 Å². The molecule has 1 rings (SSSR count). The Labute approximate surface area is 72.3 Å². The molecule has 0 aromatic carbocycles. The van der Waals surface area contributed by atoms with Crippen molar-refractivity contribution in [2.75, 3.05) is 18.9 Å². The summed E-state index contributed by atoms with van der Waals surface area (Å²) in [5.41, 5.74) is 5.61. The van der Waals surface area contributed by atoms with Gasteiger partial charge in [0.15, 0.2) is 5.95 Å². The van der Waals surface area contributed by atoms with E-state index < -0.39 is 0 Å². The minimum absolute atomic E-state index is 0.257. The Morgan fingerprint density at radius 1 is 1.75 bits per heavy atom. The zero-order valence-electron chi connectivity index (χ0n) is 7.53. The molecule has 0 fully saturated rings. The highest BCUT2D eigenvalue weighted by Gasteiger charge is 2.06. The molecule has 1 aromatic heterocycles. The molecule has 4 heteroatoms. The normalized spacial score (nSPS) is 13.2. The summed E-state index contributed by atoms with van der Waals surface area (Å²) in [6, 6.07) is 0.257. The minimum Gasteiger partial charge on any atom is -0.380 e. The van der Waals surface area contributed by atoms with Gasteiger partial charge in [-0.1, -0.05) is 0 Å². The number of ether oxygens (including phenoxy) is 1. The molecule has 12 heavy (non-hydrogen) atoms. The van der Waals surface area contributed by atoms with Crippen LogP contribution in [-0.4, -0.2) is 22.8 Å². The number of aromatic nitrogens is 2. The summed E-state index contributed by atoms with van der Waals surface area (Å²) < 4.78 is 7.17. The first-order valence-electron chi connectivity index (χ1n) is 4.11. The molecule has 1 atom stereocenters. The Kier molecular flexibility index (Phi) is 3.10. The third kappa shape index (κ3) is 1.98. The molecule has 0 aliphatic heterocycles. The van der Waals surface area contributed by atoms with Gasteiger partial charge in [-0.3, -0.25) is 0 Å². The van der Waals surface area contributed by atoms with Crippen LogP contribution in [0.25, 0.3) is 0 Å². The molecular formula is C8H15N3O. The van der Waals surface area contributed by atoms with Gasteiger partial charge in [-0.05, 0) is 13.8 Å². The maximum atomic E-state index is 5.61. The number of nitrogen functional groups attached to an aromatic ring is 1. The third-order valence-electron chi connectivity index (χ3n) is 1.74. The Morgan fingerprint density at radius 3 is 3.00 bits per heavy atom. The van der Waals surface area contributed by atoms with E-state index in [9.17, 15) is 0 Å². The SMILES string of the molecule is CCOCC(C)n1ccnc1N. The monoisotopic (exact) mass is 169 g/mol. The van der Waals surface area contributed by atoms with E-state index in [1.807, 2.05) is 24.6 Å². The van der Waals surface area contributed by atoms with E-state index in [4.69, 9.17) is 10.5 Å². The number of hydrogen-bond donors (Lipinski definition) is 1. The molecule has 68 valence electrons. The summed E-state index contributed by atoms with van der Waals surface area (Å²) in [5.74, 6) is 0.544. The van der Waals surface area contributed by atoms with Crippen LogP contribution in [0.4, 0.5) is 5.95 Å². The van der Waals surface area contributed by atoms with Crippen molar-refractivity contribution in [1.29, 1.82) is 0 Å². The highest BCUT2D eigenvalue weighted by Crippen LogP contribution is 2.10. The largest absolute Gasteiger partial charge is 0.380 e. The van der Waals surface area contributed by atoms with Crippen molar-refractivity contribution in [2.45, 2.75) is 19.9 Å². The van der Waals surface area contributed by atoms with Gasteiger partial charge in [0.25, 0.3) is 0 Å². The van der Waals surface area contributed by atoms with Crippen molar-refractivity contribution in [3.05, 3.63) is 12.4 Å². The first kappa shape index (κ1) is 9.06. The standard InChI is InChI=1S/C8H15N3O/c1-3-12-6-7(2)11-5-4-10-8(11)9/h4-5,7H,3,6H2,1-2H3,(H2,9,10). The summed E-state index contributed by atoms with van der Waals surface area (Å²) in [5, 5.41) is 0. The second kappa shape index (κ2) is 4.11. The van der Waals surface area contributed by atoms with E-state index in [0.29, 0.717) is 12.6 Å². The van der Waals surface area contributed by atoms with E-state index in [0.717, 1.165) is 6.61 Å². The topological polar surface area (TPSA) is 53.1 Å². The van der Waals surface area contributed by atoms with Crippen LogP contribution in [0.15, 0.2) is 12.4 Å². The maximum absolute atomic E-state index is 5.61. The van der Waals surface area contributed by atoms with Gasteiger partial charge in [0.05, 0.1) is 12.6 Å². The lowest BCUT2D eigenvalue weighted by Crippen LogP contribution is -2.13. The quantitative estimate of drug-likeness (QED) is 0.733. The highest BCUT2D eigenvalue weighted by atomic mass is 16.5. The summed E-state index contributed by atoms with van der Waals surface area (Å²) in [4.78, 5) is 3.93. The lowest BCUT2D eigenvalue weighted by atomic mass is 10.3. The van der Waals surface area contributed by atoms with E-state index >= 15 is 0 Å². The Morgan fingerprint density at radius 2 is 2.50 bits per heavy atom. The smallest absolute Gasteiger partial charge is 0.200 e. The number of anilines is 1. The summed E-state index contributed by atoms with van der Waals surface area (Å²) in [6.07, 6.45) is 3.55. The maximum Gasteiger partial charge on any atom is 0.200 e. The van der Waals surface area contributed by atoms with Crippen LogP contribution in [0, 0.1) is 0 Å². The van der Waals surface area contributed by atoms with Gasteiger partial charge in [-0.2, -0.15) is 0 Å². The van der Waals surface area contributed by atoms with Crippen LogP contribution >= 0.6 is 0 Å². The number of imidazole rings is 1. The lowest BCUT2D eigenvalue weighted by Gasteiger charge is -2.13. The summed E-state index contributed by atoms with van der Waals surface area (Å²) >= 11 is 0. The van der Waals surface area contributed by atoms with Gasteiger partial charge in [0, 0.05) is 19.0 Å². The van der Waals surface area contributed by atoms with Crippen molar-refractivity contribution in [3.63, 3.8) is 0 Å². The fraction of sp³-hybridized carbons (Fsp3) is 0.625. The van der Waals surface area contributed by atoms with Gasteiger partial charge in [0.2, 0.25) is 0 Å². The third-order valence-corrected chi connectivity index (χ3v) is 1.74. The number of nitrogens with two attached hydrogens (primary N) is 1. The molecule has 0 radical (unpaired) electrons. The minimum atomic E-state index is 0.257. The van der Waals surface area contributed by atoms with Gasteiger partial charge in [-0.25, -0.2) is 4.98 Å². The van der Waals surface area contributed by atoms with Crippen molar-refractivity contribution in [1.82, 2.24) is 9.55 Å². The van der Waals surface area contributed by atoms with E-state index in [-0.39, 0.29) is 6.04 Å². The zero-order valence-corrected chi connectivity index (χ0v) is 7.53. The van der Waals surface area contributed by atoms with E-state index in [1.165, 1.54) is 0 Å². The second-order valence-corrected chi connectivity index (χ2v) is 2.70. The summed E-state index contributed by atoms with van der Waals surface area (Å²) in [7, 11) is 0. The fourth-order valence-electron chi connectivity index (χ4n) is 1.07. The van der Waals surface area contributed by atoms with E-state index in [2.05, 4.69) is 4.98 Å². The molecule has 1 aromatic rings. The second-order valence-electron chi connectivity index (χ2n) is 2.70. The van der Waals surface area contributed by atoms with Gasteiger partial charge in [0.1, 0.15) is 0 Å². The molecule has 0 aliphatic carbocycles. The predicted molar refractivity (Wildman–Crippen MR) is 47.8 cm³/mol. The molecule has 0 saturated heterocycles. The van der Waals surface area contributed by atoms with Crippen LogP contribution in [0.3, 0.4) is 0 Å². The van der Waals surface area contributed by atoms with Gasteiger partial charge >= 0.3 is 0 Å². The van der Waals surface area contributed by atoms with Crippen molar-refractivity contribution in [2.24, 2.45) is 0 Å². The van der Waals surface area contributed by atoms with Crippen LogP contribution in [0.5, 0.6) is 0 Å². The lowest BCUT2D eigenvalue weighted by molar-refractivity contribution is 0.119. The number of nitrogens with zero attached hydrogens (tertiary/aromatic N) is 2. The summed E-state index contributed by atoms with van der Waals surface area (Å²) in [6.45, 7) is 5.44. The molecular weight excluding hydrogens is 154 g/mol. The molecule has 0 aliphatic rings. The first-order valence-corrected chi connectivity index (χ1v) is 4.11. The van der Waals surface area contributed by atoms with Crippen LogP contribution in [0.2, 0.25) is 0 Å². The molecule has 0 spiro atoms. The first-order chi connectivity index (χ1) is 5.75. The molecule has 1 unspecified atom stereocenters. The highest BCUT2D eigenvalue weighted by molar-refractivity contribution is 5.17. The van der Waals surface area contributed by atoms with Crippen LogP contribution in [-0.2, 0) is 4.74 Å². The zero-order chi connectivity index (χ0) is 8.97. The van der Waals surface area contributed by atoms with Gasteiger partial charge < -0.3 is 15.0 Å². The molecule has 0 bridgehead atoms. The average Bonchev–Trinajstić information content (AvgIpc) is 2.47. The Bertz CT molecular complexity index is 234. The van der Waals surface area contributed by atoms with Crippen molar-refractivity contribution in [3.8, 4) is 0 Å². The van der Waals surface area contributed by atoms with Crippen LogP contribution < -0.4 is 5.73 Å². The Hall–Kier alpha value is -1.03. The van der Waals surface area contributed by atoms with Gasteiger partial charge in [-0.15, -0.1) is 0 Å². The average molecular weight is 169 g/mol. The molecule has 2 N–H and O–H groups in total. The fourth-order valence-corrected chi connectivity index (χ4v) is 1.07. The molecule has 4 nitrogen and oxygen atoms in total. The van der Waals surface area contributed by atoms with Crippen LogP contribution in [0.1, 0.15) is 19.9 Å². The number of rotatable bonds is 4. The molecule has 0 saturated carbocycles. The predicted octanol–water partition coefficient (Wildman–Crippen LogP) is 1.06. The molecule has 0 amide bonds. The van der Waals surface area contributed by atoms with Crippen molar-refractivity contribution < 1.29 is 4.74 Å². The number of hydrogen-bond acceptors (Lipinski definition) is 3. The molecule has 1 heterocycles.